The van der Waals surface area contributed by atoms with Crippen molar-refractivity contribution in [2.75, 3.05) is 7.05 Å². The van der Waals surface area contributed by atoms with E-state index in [1.54, 1.807) is 7.05 Å². The van der Waals surface area contributed by atoms with Gasteiger partial charge in [0.1, 0.15) is 0 Å². The van der Waals surface area contributed by atoms with E-state index < -0.39 is 0 Å². The molecule has 0 atom stereocenters. The van der Waals surface area contributed by atoms with Crippen molar-refractivity contribution in [3.05, 3.63) is 0 Å². The van der Waals surface area contributed by atoms with Gasteiger partial charge in [-0.3, -0.25) is 4.79 Å². The molecule has 46 valence electrons. The minimum absolute atomic E-state index is 0.250. The van der Waals surface area contributed by atoms with Crippen molar-refractivity contribution in [1.29, 1.82) is 0 Å². The maximum absolute atomic E-state index is 10.5. The summed E-state index contributed by atoms with van der Waals surface area (Å²) in [5.41, 5.74) is -0.332. The van der Waals surface area contributed by atoms with Gasteiger partial charge in [0.25, 0.3) is 0 Å². The summed E-state index contributed by atoms with van der Waals surface area (Å²) in [4.78, 5) is 10.5. The van der Waals surface area contributed by atoms with Gasteiger partial charge in [-0.25, -0.2) is 0 Å². The topological polar surface area (TPSA) is 29.1 Å². The SMILES string of the molecule is CNC1(C(=O)Cl)CC1. The lowest BCUT2D eigenvalue weighted by Gasteiger charge is -2.04. The number of carbonyl (C=O) groups excluding carboxylic acids is 1. The third-order valence-electron chi connectivity index (χ3n) is 1.60. The molecule has 1 N–H and O–H groups in total. The van der Waals surface area contributed by atoms with E-state index in [0.29, 0.717) is 0 Å². The van der Waals surface area contributed by atoms with Crippen LogP contribution in [0, 0.1) is 0 Å². The molecule has 1 aliphatic rings. The molecule has 0 saturated heterocycles. The molecule has 0 bridgehead atoms. The van der Waals surface area contributed by atoms with E-state index in [4.69, 9.17) is 11.6 Å². The first-order valence-corrected chi connectivity index (χ1v) is 2.98. The average Bonchev–Trinajstić information content (AvgIpc) is 2.44. The molecule has 0 heterocycles. The van der Waals surface area contributed by atoms with Crippen LogP contribution in [0.2, 0.25) is 0 Å². The van der Waals surface area contributed by atoms with Crippen LogP contribution in [0.3, 0.4) is 0 Å². The average molecular weight is 134 g/mol. The highest BCUT2D eigenvalue weighted by molar-refractivity contribution is 6.66. The van der Waals surface area contributed by atoms with E-state index in [-0.39, 0.29) is 10.8 Å². The van der Waals surface area contributed by atoms with Crippen LogP contribution in [-0.2, 0) is 4.79 Å². The highest BCUT2D eigenvalue weighted by Crippen LogP contribution is 2.36. The molecular weight excluding hydrogens is 126 g/mol. The van der Waals surface area contributed by atoms with E-state index >= 15 is 0 Å². The molecule has 3 heteroatoms. The van der Waals surface area contributed by atoms with Gasteiger partial charge in [0.2, 0.25) is 5.24 Å². The zero-order chi connectivity index (χ0) is 6.20. The second-order valence-corrected chi connectivity index (χ2v) is 2.45. The maximum Gasteiger partial charge on any atom is 0.241 e. The molecule has 0 aromatic carbocycles. The molecular formula is C5H8ClNO. The molecule has 0 aromatic heterocycles. The molecule has 0 aliphatic heterocycles. The summed E-state index contributed by atoms with van der Waals surface area (Å²) in [5, 5.41) is 2.62. The van der Waals surface area contributed by atoms with Gasteiger partial charge in [-0.2, -0.15) is 0 Å². The maximum atomic E-state index is 10.5. The number of carbonyl (C=O) groups is 1. The summed E-state index contributed by atoms with van der Waals surface area (Å²) in [6.07, 6.45) is 1.79. The van der Waals surface area contributed by atoms with Gasteiger partial charge in [-0.05, 0) is 31.5 Å². The number of hydrogen-bond acceptors (Lipinski definition) is 2. The Labute approximate surface area is 53.2 Å². The van der Waals surface area contributed by atoms with Gasteiger partial charge in [-0.15, -0.1) is 0 Å². The van der Waals surface area contributed by atoms with Crippen molar-refractivity contribution in [3.63, 3.8) is 0 Å². The molecule has 1 rings (SSSR count). The lowest BCUT2D eigenvalue weighted by molar-refractivity contribution is -0.114. The third-order valence-corrected chi connectivity index (χ3v) is 1.97. The Bertz CT molecular complexity index is 120. The molecule has 0 aromatic rings. The minimum Gasteiger partial charge on any atom is -0.307 e. The Kier molecular flexibility index (Phi) is 1.29. The van der Waals surface area contributed by atoms with Crippen molar-refractivity contribution in [2.24, 2.45) is 0 Å². The zero-order valence-electron chi connectivity index (χ0n) is 4.70. The summed E-state index contributed by atoms with van der Waals surface area (Å²) in [7, 11) is 1.76. The zero-order valence-corrected chi connectivity index (χ0v) is 5.46. The van der Waals surface area contributed by atoms with Crippen LogP contribution >= 0.6 is 11.6 Å². The Morgan fingerprint density at radius 2 is 2.25 bits per heavy atom. The molecule has 0 unspecified atom stereocenters. The van der Waals surface area contributed by atoms with Crippen molar-refractivity contribution < 1.29 is 4.79 Å². The lowest BCUT2D eigenvalue weighted by atomic mass is 10.3. The molecule has 1 aliphatic carbocycles. The first kappa shape index (κ1) is 6.05. The Hall–Kier alpha value is -0.0800. The number of halogens is 1. The number of likely N-dealkylation sites (N-methyl/N-ethyl adjacent to an activating group) is 1. The van der Waals surface area contributed by atoms with Crippen LogP contribution in [0.4, 0.5) is 0 Å². The highest BCUT2D eigenvalue weighted by atomic mass is 35.5. The molecule has 0 spiro atoms. The van der Waals surface area contributed by atoms with E-state index in [2.05, 4.69) is 5.32 Å². The van der Waals surface area contributed by atoms with Gasteiger partial charge in [0.05, 0.1) is 5.54 Å². The first-order valence-electron chi connectivity index (χ1n) is 2.60. The van der Waals surface area contributed by atoms with Crippen molar-refractivity contribution in [1.82, 2.24) is 5.32 Å². The Morgan fingerprint density at radius 1 is 1.75 bits per heavy atom. The predicted octanol–water partition coefficient (Wildman–Crippen LogP) is 0.504. The fraction of sp³-hybridized carbons (Fsp3) is 0.800. The summed E-state index contributed by atoms with van der Waals surface area (Å²) in [6, 6.07) is 0. The molecule has 2 nitrogen and oxygen atoms in total. The number of nitrogens with one attached hydrogen (secondary N) is 1. The van der Waals surface area contributed by atoms with Crippen LogP contribution in [-0.4, -0.2) is 17.8 Å². The third kappa shape index (κ3) is 0.740. The molecule has 0 radical (unpaired) electrons. The van der Waals surface area contributed by atoms with Crippen LogP contribution in [0.5, 0.6) is 0 Å². The van der Waals surface area contributed by atoms with Gasteiger partial charge in [0.15, 0.2) is 0 Å². The Morgan fingerprint density at radius 3 is 2.25 bits per heavy atom. The molecule has 8 heavy (non-hydrogen) atoms. The van der Waals surface area contributed by atoms with Crippen LogP contribution in [0.25, 0.3) is 0 Å². The summed E-state index contributed by atoms with van der Waals surface area (Å²) >= 11 is 5.23. The van der Waals surface area contributed by atoms with Crippen molar-refractivity contribution in [3.8, 4) is 0 Å². The van der Waals surface area contributed by atoms with Crippen molar-refractivity contribution in [2.45, 2.75) is 18.4 Å². The summed E-state index contributed by atoms with van der Waals surface area (Å²) < 4.78 is 0. The van der Waals surface area contributed by atoms with Crippen LogP contribution < -0.4 is 5.32 Å². The second-order valence-electron chi connectivity index (χ2n) is 2.11. The summed E-state index contributed by atoms with van der Waals surface area (Å²) in [5.74, 6) is 0. The number of hydrogen-bond donors (Lipinski definition) is 1. The number of rotatable bonds is 2. The van der Waals surface area contributed by atoms with E-state index in [1.165, 1.54) is 0 Å². The predicted molar refractivity (Wildman–Crippen MR) is 31.9 cm³/mol. The van der Waals surface area contributed by atoms with Crippen molar-refractivity contribution >= 4 is 16.8 Å². The van der Waals surface area contributed by atoms with Gasteiger partial charge >= 0.3 is 0 Å². The van der Waals surface area contributed by atoms with E-state index in [0.717, 1.165) is 12.8 Å². The highest BCUT2D eigenvalue weighted by Gasteiger charge is 2.47. The minimum atomic E-state index is -0.332. The second kappa shape index (κ2) is 1.71. The van der Waals surface area contributed by atoms with Gasteiger partial charge < -0.3 is 5.32 Å². The largest absolute Gasteiger partial charge is 0.307 e. The molecule has 0 amide bonds. The first-order chi connectivity index (χ1) is 3.71. The monoisotopic (exact) mass is 133 g/mol. The fourth-order valence-corrected chi connectivity index (χ4v) is 0.953. The van der Waals surface area contributed by atoms with Gasteiger partial charge in [-0.1, -0.05) is 0 Å². The normalized spacial score (nSPS) is 22.8. The molecule has 1 fully saturated rings. The van der Waals surface area contributed by atoms with Crippen LogP contribution in [0.1, 0.15) is 12.8 Å². The van der Waals surface area contributed by atoms with Crippen LogP contribution in [0.15, 0.2) is 0 Å². The van der Waals surface area contributed by atoms with Gasteiger partial charge in [0, 0.05) is 0 Å². The Balaban J connectivity index is 2.53. The molecule has 1 saturated carbocycles. The fourth-order valence-electron chi connectivity index (χ4n) is 0.670. The standard InChI is InChI=1S/C5H8ClNO/c1-7-5(2-3-5)4(6)8/h7H,2-3H2,1H3. The quantitative estimate of drug-likeness (QED) is 0.556. The van der Waals surface area contributed by atoms with E-state index in [9.17, 15) is 4.79 Å². The smallest absolute Gasteiger partial charge is 0.241 e. The lowest BCUT2D eigenvalue weighted by Crippen LogP contribution is -2.33. The van der Waals surface area contributed by atoms with E-state index in [1.807, 2.05) is 0 Å². The summed E-state index contributed by atoms with van der Waals surface area (Å²) in [6.45, 7) is 0.